The number of nitrogen functional groups attached to an aromatic ring is 1. The Labute approximate surface area is 113 Å². The van der Waals surface area contributed by atoms with Gasteiger partial charge in [0.25, 0.3) is 0 Å². The van der Waals surface area contributed by atoms with Crippen LogP contribution in [0.2, 0.25) is 0 Å². The van der Waals surface area contributed by atoms with Crippen molar-refractivity contribution in [2.24, 2.45) is 0 Å². The summed E-state index contributed by atoms with van der Waals surface area (Å²) in [5, 5.41) is 2.84. The highest BCUT2D eigenvalue weighted by Crippen LogP contribution is 2.27. The molecule has 2 heterocycles. The molecule has 108 valence electrons. The highest BCUT2D eigenvalue weighted by atomic mass is 19.4. The van der Waals surface area contributed by atoms with Crippen molar-refractivity contribution in [2.45, 2.75) is 25.6 Å². The standard InChI is InChI=1S/C12H13F3N4O/c1-7(5-8-3-2-4-20-8)17-10-6-9(16)18-11(19-10)12(13,14)15/h2-4,6-7H,5H2,1H3,(H3,16,17,18,19). The molecule has 0 amide bonds. The van der Waals surface area contributed by atoms with Crippen LogP contribution >= 0.6 is 0 Å². The SMILES string of the molecule is CC(Cc1ccco1)Nc1cc(N)nc(C(F)(F)F)n1. The lowest BCUT2D eigenvalue weighted by Gasteiger charge is -2.15. The van der Waals surface area contributed by atoms with E-state index in [2.05, 4.69) is 15.3 Å². The van der Waals surface area contributed by atoms with Gasteiger partial charge in [0.2, 0.25) is 5.82 Å². The van der Waals surface area contributed by atoms with Crippen molar-refractivity contribution in [1.29, 1.82) is 0 Å². The summed E-state index contributed by atoms with van der Waals surface area (Å²) in [6.07, 6.45) is -2.58. The van der Waals surface area contributed by atoms with Crippen molar-refractivity contribution in [3.05, 3.63) is 36.0 Å². The Balaban J connectivity index is 2.11. The first-order valence-electron chi connectivity index (χ1n) is 5.85. The summed E-state index contributed by atoms with van der Waals surface area (Å²) in [6.45, 7) is 1.80. The fourth-order valence-electron chi connectivity index (χ4n) is 1.70. The topological polar surface area (TPSA) is 77.0 Å². The number of halogens is 3. The maximum atomic E-state index is 12.6. The molecule has 0 spiro atoms. The third kappa shape index (κ3) is 3.62. The number of nitrogens with two attached hydrogens (primary N) is 1. The summed E-state index contributed by atoms with van der Waals surface area (Å²) in [6, 6.07) is 4.62. The first-order valence-corrected chi connectivity index (χ1v) is 5.85. The van der Waals surface area contributed by atoms with Gasteiger partial charge < -0.3 is 15.5 Å². The van der Waals surface area contributed by atoms with Crippen LogP contribution in [-0.2, 0) is 12.6 Å². The third-order valence-electron chi connectivity index (χ3n) is 2.48. The number of furan rings is 1. The maximum absolute atomic E-state index is 12.6. The molecule has 2 aromatic rings. The van der Waals surface area contributed by atoms with Gasteiger partial charge in [0.15, 0.2) is 0 Å². The van der Waals surface area contributed by atoms with Crippen LogP contribution in [-0.4, -0.2) is 16.0 Å². The lowest BCUT2D eigenvalue weighted by atomic mass is 10.2. The molecule has 8 heteroatoms. The molecular weight excluding hydrogens is 273 g/mol. The quantitative estimate of drug-likeness (QED) is 0.903. The first kappa shape index (κ1) is 14.2. The van der Waals surface area contributed by atoms with Crippen LogP contribution in [0.25, 0.3) is 0 Å². The Bertz CT molecular complexity index is 569. The Kier molecular flexibility index (Phi) is 3.82. The second-order valence-corrected chi connectivity index (χ2v) is 4.33. The average Bonchev–Trinajstić information content (AvgIpc) is 2.79. The summed E-state index contributed by atoms with van der Waals surface area (Å²) in [7, 11) is 0. The summed E-state index contributed by atoms with van der Waals surface area (Å²) >= 11 is 0. The predicted octanol–water partition coefficient (Wildman–Crippen LogP) is 2.71. The van der Waals surface area contributed by atoms with Gasteiger partial charge in [-0.1, -0.05) is 0 Å². The van der Waals surface area contributed by atoms with Crippen molar-refractivity contribution < 1.29 is 17.6 Å². The molecule has 1 atom stereocenters. The van der Waals surface area contributed by atoms with Crippen molar-refractivity contribution in [1.82, 2.24) is 9.97 Å². The largest absolute Gasteiger partial charge is 0.469 e. The van der Waals surface area contributed by atoms with E-state index in [9.17, 15) is 13.2 Å². The van der Waals surface area contributed by atoms with Crippen molar-refractivity contribution in [3.63, 3.8) is 0 Å². The Morgan fingerprint density at radius 1 is 1.40 bits per heavy atom. The number of rotatable bonds is 4. The van der Waals surface area contributed by atoms with Crippen molar-refractivity contribution >= 4 is 11.6 Å². The van der Waals surface area contributed by atoms with E-state index in [1.807, 2.05) is 0 Å². The Morgan fingerprint density at radius 2 is 2.15 bits per heavy atom. The zero-order valence-corrected chi connectivity index (χ0v) is 10.6. The van der Waals surface area contributed by atoms with E-state index in [1.165, 1.54) is 12.3 Å². The molecular formula is C12H13F3N4O. The van der Waals surface area contributed by atoms with Crippen LogP contribution in [0.15, 0.2) is 28.9 Å². The van der Waals surface area contributed by atoms with E-state index in [0.29, 0.717) is 6.42 Å². The molecule has 2 aromatic heterocycles. The number of anilines is 2. The second-order valence-electron chi connectivity index (χ2n) is 4.33. The zero-order chi connectivity index (χ0) is 14.8. The third-order valence-corrected chi connectivity index (χ3v) is 2.48. The Hall–Kier alpha value is -2.25. The molecule has 0 radical (unpaired) electrons. The van der Waals surface area contributed by atoms with E-state index >= 15 is 0 Å². The van der Waals surface area contributed by atoms with E-state index in [0.717, 1.165) is 5.76 Å². The molecule has 1 unspecified atom stereocenters. The van der Waals surface area contributed by atoms with Gasteiger partial charge in [-0.15, -0.1) is 0 Å². The van der Waals surface area contributed by atoms with E-state index in [1.54, 1.807) is 19.1 Å². The van der Waals surface area contributed by atoms with Gasteiger partial charge in [0.05, 0.1) is 6.26 Å². The molecule has 0 aliphatic carbocycles. The summed E-state index contributed by atoms with van der Waals surface area (Å²) in [5.74, 6) is -0.739. The number of hydrogen-bond acceptors (Lipinski definition) is 5. The number of hydrogen-bond donors (Lipinski definition) is 2. The van der Waals surface area contributed by atoms with Gasteiger partial charge in [0.1, 0.15) is 17.4 Å². The molecule has 0 fully saturated rings. The average molecular weight is 286 g/mol. The minimum Gasteiger partial charge on any atom is -0.469 e. The summed E-state index contributed by atoms with van der Waals surface area (Å²) in [5.41, 5.74) is 5.36. The molecule has 0 aliphatic rings. The molecule has 2 rings (SSSR count). The van der Waals surface area contributed by atoms with E-state index in [4.69, 9.17) is 10.2 Å². The predicted molar refractivity (Wildman–Crippen MR) is 66.9 cm³/mol. The number of nitrogens with one attached hydrogen (secondary N) is 1. The van der Waals surface area contributed by atoms with Gasteiger partial charge in [-0.3, -0.25) is 0 Å². The van der Waals surface area contributed by atoms with Crippen LogP contribution in [0.4, 0.5) is 24.8 Å². The van der Waals surface area contributed by atoms with Crippen molar-refractivity contribution in [2.75, 3.05) is 11.1 Å². The van der Waals surface area contributed by atoms with E-state index < -0.39 is 12.0 Å². The first-order chi connectivity index (χ1) is 9.34. The van der Waals surface area contributed by atoms with Crippen LogP contribution < -0.4 is 11.1 Å². The number of nitrogens with zero attached hydrogens (tertiary/aromatic N) is 2. The number of alkyl halides is 3. The second kappa shape index (κ2) is 5.40. The van der Waals surface area contributed by atoms with Gasteiger partial charge >= 0.3 is 6.18 Å². The molecule has 0 bridgehead atoms. The van der Waals surface area contributed by atoms with Gasteiger partial charge in [-0.2, -0.15) is 13.2 Å². The normalized spacial score (nSPS) is 13.2. The lowest BCUT2D eigenvalue weighted by molar-refractivity contribution is -0.144. The number of aromatic nitrogens is 2. The summed E-state index contributed by atoms with van der Waals surface area (Å²) in [4.78, 5) is 6.59. The lowest BCUT2D eigenvalue weighted by Crippen LogP contribution is -2.21. The molecule has 0 aliphatic heterocycles. The highest BCUT2D eigenvalue weighted by molar-refractivity contribution is 5.45. The van der Waals surface area contributed by atoms with Crippen LogP contribution in [0.5, 0.6) is 0 Å². The van der Waals surface area contributed by atoms with Gasteiger partial charge in [-0.05, 0) is 19.1 Å². The minimum absolute atomic E-state index is 0.0314. The van der Waals surface area contributed by atoms with Crippen LogP contribution in [0, 0.1) is 0 Å². The van der Waals surface area contributed by atoms with Crippen molar-refractivity contribution in [3.8, 4) is 0 Å². The molecule has 0 aromatic carbocycles. The Morgan fingerprint density at radius 3 is 2.75 bits per heavy atom. The monoisotopic (exact) mass is 286 g/mol. The smallest absolute Gasteiger partial charge is 0.451 e. The molecule has 3 N–H and O–H groups in total. The molecule has 5 nitrogen and oxygen atoms in total. The zero-order valence-electron chi connectivity index (χ0n) is 10.6. The van der Waals surface area contributed by atoms with Gasteiger partial charge in [-0.25, -0.2) is 9.97 Å². The van der Waals surface area contributed by atoms with Gasteiger partial charge in [0, 0.05) is 18.5 Å². The highest BCUT2D eigenvalue weighted by Gasteiger charge is 2.35. The van der Waals surface area contributed by atoms with Crippen LogP contribution in [0.3, 0.4) is 0 Å². The molecule has 0 saturated heterocycles. The van der Waals surface area contributed by atoms with Crippen LogP contribution in [0.1, 0.15) is 18.5 Å². The fourth-order valence-corrected chi connectivity index (χ4v) is 1.70. The fraction of sp³-hybridized carbons (Fsp3) is 0.333. The van der Waals surface area contributed by atoms with E-state index in [-0.39, 0.29) is 17.7 Å². The molecule has 20 heavy (non-hydrogen) atoms. The molecule has 0 saturated carbocycles. The summed E-state index contributed by atoms with van der Waals surface area (Å²) < 4.78 is 42.9. The minimum atomic E-state index is -4.63. The maximum Gasteiger partial charge on any atom is 0.451 e.